The van der Waals surface area contributed by atoms with E-state index in [1.807, 2.05) is 0 Å². The molecule has 2 aliphatic rings. The van der Waals surface area contributed by atoms with Crippen LogP contribution in [0.3, 0.4) is 0 Å². The van der Waals surface area contributed by atoms with Crippen molar-refractivity contribution in [1.29, 1.82) is 0 Å². The van der Waals surface area contributed by atoms with E-state index in [0.29, 0.717) is 31.0 Å². The Bertz CT molecular complexity index is 698. The molecule has 2 aliphatic heterocycles. The number of benzene rings is 1. The molecule has 0 saturated carbocycles. The van der Waals surface area contributed by atoms with E-state index in [-0.39, 0.29) is 4.90 Å². The van der Waals surface area contributed by atoms with E-state index in [2.05, 4.69) is 9.71 Å². The molecule has 0 aromatic heterocycles. The standard InChI is InChI=1S/C12H14N4O3S/c13-11(17)9-7-14-5-6-16(9)12-8-3-1-2-4-10(8)20(18,19)15-12/h1-4,9,14H,5-7H2,(H2,13,17). The van der Waals surface area contributed by atoms with Gasteiger partial charge in [-0.25, -0.2) is 0 Å². The summed E-state index contributed by atoms with van der Waals surface area (Å²) in [6.07, 6.45) is 0. The third-order valence-corrected chi connectivity index (χ3v) is 4.78. The molecule has 3 N–H and O–H groups in total. The van der Waals surface area contributed by atoms with Gasteiger partial charge in [0.25, 0.3) is 10.0 Å². The molecule has 2 heterocycles. The van der Waals surface area contributed by atoms with Gasteiger partial charge < -0.3 is 16.0 Å². The Balaban J connectivity index is 2.08. The predicted octanol–water partition coefficient (Wildman–Crippen LogP) is -1.11. The SMILES string of the molecule is NC(=O)C1CNCCN1C1=NS(=O)(=O)c2ccccc21. The fourth-order valence-electron chi connectivity index (χ4n) is 2.51. The van der Waals surface area contributed by atoms with Crippen molar-refractivity contribution in [3.63, 3.8) is 0 Å². The summed E-state index contributed by atoms with van der Waals surface area (Å²) in [6, 6.07) is 6.01. The largest absolute Gasteiger partial charge is 0.368 e. The molecule has 1 fully saturated rings. The lowest BCUT2D eigenvalue weighted by atomic mass is 10.1. The van der Waals surface area contributed by atoms with E-state index in [9.17, 15) is 13.2 Å². The van der Waals surface area contributed by atoms with Gasteiger partial charge in [0.05, 0.1) is 0 Å². The van der Waals surface area contributed by atoms with Crippen molar-refractivity contribution in [3.8, 4) is 0 Å². The molecule has 1 saturated heterocycles. The van der Waals surface area contributed by atoms with E-state index in [1.165, 1.54) is 6.07 Å². The van der Waals surface area contributed by atoms with Crippen molar-refractivity contribution in [2.45, 2.75) is 10.9 Å². The van der Waals surface area contributed by atoms with Gasteiger partial charge in [0.2, 0.25) is 5.91 Å². The van der Waals surface area contributed by atoms with Crippen LogP contribution in [0.2, 0.25) is 0 Å². The first-order chi connectivity index (χ1) is 9.50. The van der Waals surface area contributed by atoms with Crippen LogP contribution in [-0.2, 0) is 14.8 Å². The maximum atomic E-state index is 12.0. The maximum Gasteiger partial charge on any atom is 0.285 e. The van der Waals surface area contributed by atoms with Gasteiger partial charge in [-0.15, -0.1) is 4.40 Å². The van der Waals surface area contributed by atoms with Crippen molar-refractivity contribution in [1.82, 2.24) is 10.2 Å². The zero-order valence-electron chi connectivity index (χ0n) is 10.6. The molecule has 20 heavy (non-hydrogen) atoms. The van der Waals surface area contributed by atoms with Gasteiger partial charge in [-0.3, -0.25) is 4.79 Å². The Labute approximate surface area is 116 Å². The molecule has 1 aromatic carbocycles. The average molecular weight is 294 g/mol. The van der Waals surface area contributed by atoms with Crippen molar-refractivity contribution in [2.24, 2.45) is 10.1 Å². The molecular formula is C12H14N4O3S. The number of nitrogens with two attached hydrogens (primary N) is 1. The fraction of sp³-hybridized carbons (Fsp3) is 0.333. The van der Waals surface area contributed by atoms with E-state index >= 15 is 0 Å². The predicted molar refractivity (Wildman–Crippen MR) is 72.7 cm³/mol. The van der Waals surface area contributed by atoms with Crippen LogP contribution in [0.4, 0.5) is 0 Å². The molecule has 0 bridgehead atoms. The highest BCUT2D eigenvalue weighted by Gasteiger charge is 2.37. The summed E-state index contributed by atoms with van der Waals surface area (Å²) in [5.41, 5.74) is 5.92. The minimum absolute atomic E-state index is 0.178. The van der Waals surface area contributed by atoms with Crippen molar-refractivity contribution < 1.29 is 13.2 Å². The Kier molecular flexibility index (Phi) is 2.98. The molecule has 1 unspecified atom stereocenters. The number of nitrogens with zero attached hydrogens (tertiary/aromatic N) is 2. The highest BCUT2D eigenvalue weighted by molar-refractivity contribution is 7.90. The van der Waals surface area contributed by atoms with Crippen LogP contribution in [0.15, 0.2) is 33.6 Å². The third-order valence-electron chi connectivity index (χ3n) is 3.46. The summed E-state index contributed by atoms with van der Waals surface area (Å²) in [4.78, 5) is 13.4. The lowest BCUT2D eigenvalue weighted by Crippen LogP contribution is -2.58. The molecule has 106 valence electrons. The quantitative estimate of drug-likeness (QED) is 0.683. The van der Waals surface area contributed by atoms with Gasteiger partial charge >= 0.3 is 0 Å². The van der Waals surface area contributed by atoms with Crippen LogP contribution >= 0.6 is 0 Å². The van der Waals surface area contributed by atoms with E-state index in [0.717, 1.165) is 0 Å². The van der Waals surface area contributed by atoms with Gasteiger partial charge in [0.15, 0.2) is 5.84 Å². The number of fused-ring (bicyclic) bond motifs is 1. The summed E-state index contributed by atoms with van der Waals surface area (Å²) in [7, 11) is -3.68. The smallest absolute Gasteiger partial charge is 0.285 e. The summed E-state index contributed by atoms with van der Waals surface area (Å²) >= 11 is 0. The molecule has 0 aliphatic carbocycles. The number of rotatable bonds is 1. The molecule has 1 aromatic rings. The van der Waals surface area contributed by atoms with Crippen LogP contribution in [0.1, 0.15) is 5.56 Å². The number of piperazine rings is 1. The zero-order valence-corrected chi connectivity index (χ0v) is 11.4. The molecule has 1 amide bonds. The summed E-state index contributed by atoms with van der Waals surface area (Å²) in [6.45, 7) is 1.51. The second-order valence-corrected chi connectivity index (χ2v) is 6.27. The van der Waals surface area contributed by atoms with Crippen LogP contribution in [0.25, 0.3) is 0 Å². The molecule has 0 spiro atoms. The van der Waals surface area contributed by atoms with Gasteiger partial charge in [-0.1, -0.05) is 12.1 Å². The molecule has 7 nitrogen and oxygen atoms in total. The Morgan fingerprint density at radius 3 is 2.90 bits per heavy atom. The van der Waals surface area contributed by atoms with Gasteiger partial charge in [0.1, 0.15) is 10.9 Å². The number of amides is 1. The van der Waals surface area contributed by atoms with Gasteiger partial charge in [-0.05, 0) is 12.1 Å². The van der Waals surface area contributed by atoms with Crippen LogP contribution in [0, 0.1) is 0 Å². The monoisotopic (exact) mass is 294 g/mol. The summed E-state index contributed by atoms with van der Waals surface area (Å²) < 4.78 is 27.9. The number of hydrogen-bond acceptors (Lipinski definition) is 5. The fourth-order valence-corrected chi connectivity index (χ4v) is 3.72. The van der Waals surface area contributed by atoms with E-state index in [4.69, 9.17) is 5.73 Å². The number of nitrogens with one attached hydrogen (secondary N) is 1. The summed E-state index contributed by atoms with van der Waals surface area (Å²) in [5.74, 6) is -0.187. The Morgan fingerprint density at radius 2 is 2.15 bits per heavy atom. The number of hydrogen-bond donors (Lipinski definition) is 2. The lowest BCUT2D eigenvalue weighted by Gasteiger charge is -2.35. The average Bonchev–Trinajstić information content (AvgIpc) is 2.71. The highest BCUT2D eigenvalue weighted by atomic mass is 32.2. The Morgan fingerprint density at radius 1 is 1.40 bits per heavy atom. The number of carbonyl (C=O) groups excluding carboxylic acids is 1. The Hall–Kier alpha value is -1.93. The topological polar surface area (TPSA) is 105 Å². The minimum Gasteiger partial charge on any atom is -0.368 e. The van der Waals surface area contributed by atoms with Crippen LogP contribution in [0.5, 0.6) is 0 Å². The summed E-state index contributed by atoms with van der Waals surface area (Å²) in [5, 5.41) is 3.07. The molecule has 1 atom stereocenters. The minimum atomic E-state index is -3.68. The second-order valence-electron chi connectivity index (χ2n) is 4.70. The second kappa shape index (κ2) is 4.57. The van der Waals surface area contributed by atoms with E-state index < -0.39 is 22.0 Å². The number of amidine groups is 1. The molecule has 0 radical (unpaired) electrons. The molecular weight excluding hydrogens is 280 g/mol. The van der Waals surface area contributed by atoms with Crippen LogP contribution < -0.4 is 11.1 Å². The first kappa shape index (κ1) is 13.1. The molecule has 3 rings (SSSR count). The van der Waals surface area contributed by atoms with Crippen LogP contribution in [-0.4, -0.2) is 50.7 Å². The zero-order chi connectivity index (χ0) is 14.3. The van der Waals surface area contributed by atoms with Gasteiger partial charge in [0, 0.05) is 25.2 Å². The van der Waals surface area contributed by atoms with E-state index in [1.54, 1.807) is 23.1 Å². The lowest BCUT2D eigenvalue weighted by molar-refractivity contribution is -0.122. The first-order valence-electron chi connectivity index (χ1n) is 6.22. The van der Waals surface area contributed by atoms with Crippen molar-refractivity contribution >= 4 is 21.8 Å². The third kappa shape index (κ3) is 1.97. The van der Waals surface area contributed by atoms with Crippen molar-refractivity contribution in [3.05, 3.63) is 29.8 Å². The number of sulfonamides is 1. The normalized spacial score (nSPS) is 24.1. The number of carbonyl (C=O) groups is 1. The maximum absolute atomic E-state index is 12.0. The molecule has 8 heteroatoms. The van der Waals surface area contributed by atoms with Crippen molar-refractivity contribution in [2.75, 3.05) is 19.6 Å². The van der Waals surface area contributed by atoms with Gasteiger partial charge in [-0.2, -0.15) is 8.42 Å². The number of primary amides is 1. The highest BCUT2D eigenvalue weighted by Crippen LogP contribution is 2.28. The first-order valence-corrected chi connectivity index (χ1v) is 7.66.